The number of hydrogen-bond acceptors (Lipinski definition) is 4. The molecule has 110 valence electrons. The number of sulfonamides is 1. The summed E-state index contributed by atoms with van der Waals surface area (Å²) in [5.74, 6) is 0. The SMILES string of the molecule is CC(C)N(CC(F)(F)F)S(=O)(=O)c1[nH]ncc1CN. The molecule has 19 heavy (non-hydrogen) atoms. The molecule has 3 N–H and O–H groups in total. The van der Waals surface area contributed by atoms with Gasteiger partial charge >= 0.3 is 6.18 Å². The van der Waals surface area contributed by atoms with E-state index in [9.17, 15) is 21.6 Å². The molecular weight excluding hydrogens is 285 g/mol. The van der Waals surface area contributed by atoms with Gasteiger partial charge in [0.25, 0.3) is 10.0 Å². The largest absolute Gasteiger partial charge is 0.402 e. The molecule has 0 saturated heterocycles. The van der Waals surface area contributed by atoms with Crippen molar-refractivity contribution in [2.24, 2.45) is 5.73 Å². The van der Waals surface area contributed by atoms with E-state index in [1.807, 2.05) is 0 Å². The summed E-state index contributed by atoms with van der Waals surface area (Å²) in [4.78, 5) is 0. The van der Waals surface area contributed by atoms with Crippen LogP contribution in [0.3, 0.4) is 0 Å². The van der Waals surface area contributed by atoms with Gasteiger partial charge in [-0.05, 0) is 13.8 Å². The molecule has 0 saturated carbocycles. The summed E-state index contributed by atoms with van der Waals surface area (Å²) in [6, 6.07) is -0.847. The monoisotopic (exact) mass is 300 g/mol. The van der Waals surface area contributed by atoms with Gasteiger partial charge in [0.2, 0.25) is 0 Å². The van der Waals surface area contributed by atoms with Crippen molar-refractivity contribution in [3.63, 3.8) is 0 Å². The minimum atomic E-state index is -4.62. The molecule has 0 amide bonds. The van der Waals surface area contributed by atoms with Crippen molar-refractivity contribution in [3.05, 3.63) is 11.8 Å². The zero-order valence-electron chi connectivity index (χ0n) is 10.4. The molecule has 0 spiro atoms. The van der Waals surface area contributed by atoms with Crippen LogP contribution in [-0.2, 0) is 16.6 Å². The first-order valence-corrected chi connectivity index (χ1v) is 6.84. The Kier molecular flexibility index (Phi) is 4.59. The Bertz CT molecular complexity index is 524. The standard InChI is InChI=1S/C9H15F3N4O2S/c1-6(2)16(5-9(10,11)12)19(17,18)8-7(3-13)4-14-15-8/h4,6H,3,5,13H2,1-2H3,(H,14,15). The fourth-order valence-electron chi connectivity index (χ4n) is 1.51. The van der Waals surface area contributed by atoms with E-state index in [0.717, 1.165) is 0 Å². The smallest absolute Gasteiger partial charge is 0.326 e. The highest BCUT2D eigenvalue weighted by atomic mass is 32.2. The lowest BCUT2D eigenvalue weighted by Crippen LogP contribution is -2.43. The van der Waals surface area contributed by atoms with E-state index < -0.39 is 33.8 Å². The summed E-state index contributed by atoms with van der Waals surface area (Å²) in [6.45, 7) is 1.03. The van der Waals surface area contributed by atoms with E-state index in [4.69, 9.17) is 5.73 Å². The molecule has 0 radical (unpaired) electrons. The number of H-pyrrole nitrogens is 1. The van der Waals surface area contributed by atoms with Gasteiger partial charge in [-0.1, -0.05) is 0 Å². The molecule has 1 heterocycles. The maximum Gasteiger partial charge on any atom is 0.402 e. The molecule has 0 atom stereocenters. The van der Waals surface area contributed by atoms with Gasteiger partial charge in [-0.2, -0.15) is 22.6 Å². The Balaban J connectivity index is 3.21. The van der Waals surface area contributed by atoms with E-state index in [-0.39, 0.29) is 12.1 Å². The van der Waals surface area contributed by atoms with Crippen molar-refractivity contribution in [3.8, 4) is 0 Å². The molecule has 6 nitrogen and oxygen atoms in total. The van der Waals surface area contributed by atoms with Crippen LogP contribution < -0.4 is 5.73 Å². The molecule has 0 aliphatic heterocycles. The van der Waals surface area contributed by atoms with E-state index in [1.54, 1.807) is 0 Å². The second kappa shape index (κ2) is 5.47. The van der Waals surface area contributed by atoms with E-state index >= 15 is 0 Å². The lowest BCUT2D eigenvalue weighted by molar-refractivity contribution is -0.138. The second-order valence-electron chi connectivity index (χ2n) is 4.19. The van der Waals surface area contributed by atoms with Gasteiger partial charge in [-0.15, -0.1) is 0 Å². The molecule has 0 aliphatic rings. The number of rotatable bonds is 5. The van der Waals surface area contributed by atoms with Crippen LogP contribution >= 0.6 is 0 Å². The van der Waals surface area contributed by atoms with Crippen LogP contribution in [0.5, 0.6) is 0 Å². The van der Waals surface area contributed by atoms with Crippen LogP contribution in [-0.4, -0.2) is 41.7 Å². The van der Waals surface area contributed by atoms with Crippen LogP contribution in [0.25, 0.3) is 0 Å². The third-order valence-electron chi connectivity index (χ3n) is 2.38. The fraction of sp³-hybridized carbons (Fsp3) is 0.667. The second-order valence-corrected chi connectivity index (χ2v) is 6.02. The van der Waals surface area contributed by atoms with Crippen molar-refractivity contribution in [2.75, 3.05) is 6.54 Å². The summed E-state index contributed by atoms with van der Waals surface area (Å²) in [7, 11) is -4.32. The van der Waals surface area contributed by atoms with Crippen LogP contribution in [0, 0.1) is 0 Å². The number of nitrogens with two attached hydrogens (primary N) is 1. The first-order valence-electron chi connectivity index (χ1n) is 5.40. The topological polar surface area (TPSA) is 92.1 Å². The van der Waals surface area contributed by atoms with Crippen LogP contribution in [0.2, 0.25) is 0 Å². The first kappa shape index (κ1) is 15.9. The molecule has 0 bridgehead atoms. The highest BCUT2D eigenvalue weighted by Crippen LogP contribution is 2.25. The molecule has 10 heteroatoms. The van der Waals surface area contributed by atoms with E-state index in [2.05, 4.69) is 10.2 Å². The molecule has 1 aromatic rings. The summed E-state index contributed by atoms with van der Waals surface area (Å²) < 4.78 is 62.1. The van der Waals surface area contributed by atoms with Gasteiger partial charge in [-0.3, -0.25) is 5.10 Å². The summed E-state index contributed by atoms with van der Waals surface area (Å²) in [6.07, 6.45) is -3.45. The van der Waals surface area contributed by atoms with Crippen LogP contribution in [0.15, 0.2) is 11.2 Å². The summed E-state index contributed by atoms with van der Waals surface area (Å²) in [5.41, 5.74) is 5.48. The molecule has 0 aliphatic carbocycles. The predicted octanol–water partition coefficient (Wildman–Crippen LogP) is 0.830. The number of halogens is 3. The number of aromatic amines is 1. The highest BCUT2D eigenvalue weighted by molar-refractivity contribution is 7.89. The van der Waals surface area contributed by atoms with Crippen LogP contribution in [0.4, 0.5) is 13.2 Å². The molecule has 0 aromatic carbocycles. The number of nitrogens with one attached hydrogen (secondary N) is 1. The average Bonchev–Trinajstić information content (AvgIpc) is 2.72. The normalized spacial score (nSPS) is 13.5. The van der Waals surface area contributed by atoms with Gasteiger partial charge in [0.15, 0.2) is 5.03 Å². The quantitative estimate of drug-likeness (QED) is 0.842. The lowest BCUT2D eigenvalue weighted by atomic mass is 10.4. The van der Waals surface area contributed by atoms with Gasteiger partial charge in [0, 0.05) is 18.2 Å². The van der Waals surface area contributed by atoms with Crippen molar-refractivity contribution < 1.29 is 21.6 Å². The molecule has 0 fully saturated rings. The number of nitrogens with zero attached hydrogens (tertiary/aromatic N) is 2. The Labute approximate surface area is 108 Å². The van der Waals surface area contributed by atoms with Crippen molar-refractivity contribution in [1.29, 1.82) is 0 Å². The van der Waals surface area contributed by atoms with Crippen molar-refractivity contribution >= 4 is 10.0 Å². The van der Waals surface area contributed by atoms with Crippen molar-refractivity contribution in [1.82, 2.24) is 14.5 Å². The summed E-state index contributed by atoms with van der Waals surface area (Å²) in [5, 5.41) is 5.30. The number of alkyl halides is 3. The third kappa shape index (κ3) is 3.67. The molecule has 0 unspecified atom stereocenters. The molecule has 1 aromatic heterocycles. The van der Waals surface area contributed by atoms with Gasteiger partial charge in [0.05, 0.1) is 6.20 Å². The fourth-order valence-corrected chi connectivity index (χ4v) is 3.25. The maximum atomic E-state index is 12.5. The molecular formula is C9H15F3N4O2S. The minimum absolute atomic E-state index is 0.136. The molecule has 1 rings (SSSR count). The van der Waals surface area contributed by atoms with Crippen LogP contribution in [0.1, 0.15) is 19.4 Å². The lowest BCUT2D eigenvalue weighted by Gasteiger charge is -2.26. The zero-order valence-corrected chi connectivity index (χ0v) is 11.2. The van der Waals surface area contributed by atoms with E-state index in [0.29, 0.717) is 4.31 Å². The van der Waals surface area contributed by atoms with Gasteiger partial charge in [0.1, 0.15) is 6.54 Å². The van der Waals surface area contributed by atoms with E-state index in [1.165, 1.54) is 20.0 Å². The predicted molar refractivity (Wildman–Crippen MR) is 61.6 cm³/mol. The van der Waals surface area contributed by atoms with Gasteiger partial charge in [-0.25, -0.2) is 8.42 Å². The first-order chi connectivity index (χ1) is 8.59. The average molecular weight is 300 g/mol. The Morgan fingerprint density at radius 1 is 1.47 bits per heavy atom. The van der Waals surface area contributed by atoms with Crippen molar-refractivity contribution in [2.45, 2.75) is 37.6 Å². The third-order valence-corrected chi connectivity index (χ3v) is 4.41. The highest BCUT2D eigenvalue weighted by Gasteiger charge is 2.39. The number of hydrogen-bond donors (Lipinski definition) is 2. The summed E-state index contributed by atoms with van der Waals surface area (Å²) >= 11 is 0. The maximum absolute atomic E-state index is 12.5. The Morgan fingerprint density at radius 3 is 2.47 bits per heavy atom. The van der Waals surface area contributed by atoms with Gasteiger partial charge < -0.3 is 5.73 Å². The zero-order chi connectivity index (χ0) is 14.8. The Morgan fingerprint density at radius 2 is 2.05 bits per heavy atom. The minimum Gasteiger partial charge on any atom is -0.326 e. The number of aromatic nitrogens is 2. The Hall–Kier alpha value is -1.13.